The summed E-state index contributed by atoms with van der Waals surface area (Å²) in [5, 5.41) is 15.5. The number of ether oxygens (including phenoxy) is 1. The highest BCUT2D eigenvalue weighted by atomic mass is 16.5. The monoisotopic (exact) mass is 308 g/mol. The Kier molecular flexibility index (Phi) is 7.91. The van der Waals surface area contributed by atoms with Crippen molar-refractivity contribution in [1.29, 1.82) is 0 Å². The third-order valence-corrected chi connectivity index (χ3v) is 3.34. The van der Waals surface area contributed by atoms with Crippen molar-refractivity contribution < 1.29 is 14.6 Å². The molecule has 0 aliphatic heterocycles. The Bertz CT molecular complexity index is 463. The summed E-state index contributed by atoms with van der Waals surface area (Å²) in [6.07, 6.45) is 1.24. The second-order valence-corrected chi connectivity index (χ2v) is 6.06. The molecule has 22 heavy (non-hydrogen) atoms. The van der Waals surface area contributed by atoms with Gasteiger partial charge in [0.1, 0.15) is 5.75 Å². The van der Waals surface area contributed by atoms with Gasteiger partial charge in [-0.3, -0.25) is 4.79 Å². The summed E-state index contributed by atoms with van der Waals surface area (Å²) >= 11 is 0. The summed E-state index contributed by atoms with van der Waals surface area (Å²) in [5.74, 6) is 1.15. The molecule has 2 atom stereocenters. The smallest absolute Gasteiger partial charge is 0.225 e. The molecule has 1 rings (SSSR count). The minimum absolute atomic E-state index is 0.00140. The number of rotatable bonds is 9. The zero-order valence-corrected chi connectivity index (χ0v) is 13.9. The molecule has 124 valence electrons. The lowest BCUT2D eigenvalue weighted by atomic mass is 10.0. The van der Waals surface area contributed by atoms with Crippen molar-refractivity contribution in [2.24, 2.45) is 5.92 Å². The first-order valence-electron chi connectivity index (χ1n) is 7.75. The van der Waals surface area contributed by atoms with Crippen molar-refractivity contribution in [1.82, 2.24) is 5.32 Å². The first-order chi connectivity index (χ1) is 10.4. The normalized spacial score (nSPS) is 13.7. The third kappa shape index (κ3) is 6.91. The van der Waals surface area contributed by atoms with Crippen LogP contribution in [-0.2, 0) is 4.79 Å². The lowest BCUT2D eigenvalue weighted by Crippen LogP contribution is -2.41. The van der Waals surface area contributed by atoms with E-state index < -0.39 is 0 Å². The Morgan fingerprint density at radius 2 is 2.05 bits per heavy atom. The molecule has 0 aliphatic rings. The summed E-state index contributed by atoms with van der Waals surface area (Å²) in [6.45, 7) is 6.27. The van der Waals surface area contributed by atoms with Gasteiger partial charge in [0.25, 0.3) is 0 Å². The van der Waals surface area contributed by atoms with Crippen molar-refractivity contribution in [2.75, 3.05) is 19.0 Å². The first-order valence-corrected chi connectivity index (χ1v) is 7.75. The van der Waals surface area contributed by atoms with Crippen LogP contribution in [0.2, 0.25) is 0 Å². The predicted octanol–water partition coefficient (Wildman–Crippen LogP) is 2.41. The van der Waals surface area contributed by atoms with Crippen LogP contribution in [0.4, 0.5) is 5.69 Å². The second-order valence-electron chi connectivity index (χ2n) is 6.06. The molecule has 1 aromatic rings. The van der Waals surface area contributed by atoms with Gasteiger partial charge < -0.3 is 20.5 Å². The summed E-state index contributed by atoms with van der Waals surface area (Å²) in [4.78, 5) is 12.1. The molecular formula is C17H28N2O3. The van der Waals surface area contributed by atoms with Crippen LogP contribution < -0.4 is 15.4 Å². The van der Waals surface area contributed by atoms with Gasteiger partial charge in [0, 0.05) is 30.3 Å². The highest BCUT2D eigenvalue weighted by molar-refractivity contribution is 5.91. The highest BCUT2D eigenvalue weighted by Crippen LogP contribution is 2.17. The van der Waals surface area contributed by atoms with E-state index in [1.54, 1.807) is 13.2 Å². The van der Waals surface area contributed by atoms with Crippen LogP contribution in [0.25, 0.3) is 0 Å². The molecule has 0 saturated heterocycles. The van der Waals surface area contributed by atoms with Gasteiger partial charge in [-0.15, -0.1) is 0 Å². The van der Waals surface area contributed by atoms with Crippen LogP contribution >= 0.6 is 0 Å². The van der Waals surface area contributed by atoms with Gasteiger partial charge in [-0.1, -0.05) is 19.9 Å². The molecule has 1 aromatic carbocycles. The molecule has 0 spiro atoms. The number of carbonyl (C=O) groups is 1. The molecule has 0 fully saturated rings. The topological polar surface area (TPSA) is 70.6 Å². The lowest BCUT2D eigenvalue weighted by molar-refractivity contribution is -0.116. The number of aliphatic hydroxyl groups is 1. The third-order valence-electron chi connectivity index (χ3n) is 3.34. The Balaban J connectivity index is 2.46. The van der Waals surface area contributed by atoms with Gasteiger partial charge in [-0.25, -0.2) is 0 Å². The van der Waals surface area contributed by atoms with Gasteiger partial charge in [0.2, 0.25) is 5.91 Å². The molecule has 3 N–H and O–H groups in total. The van der Waals surface area contributed by atoms with Gasteiger partial charge in [0.05, 0.1) is 13.7 Å². The van der Waals surface area contributed by atoms with Crippen LogP contribution in [0.3, 0.4) is 0 Å². The average molecular weight is 308 g/mol. The van der Waals surface area contributed by atoms with Crippen molar-refractivity contribution in [2.45, 2.75) is 45.7 Å². The standard InChI is InChI=1S/C17H28N2O3/c1-12(2)8-15(11-20)18-13(3)9-17(21)19-14-6-5-7-16(10-14)22-4/h5-7,10,12-13,15,18,20H,8-9,11H2,1-4H3,(H,19,21). The molecule has 0 aromatic heterocycles. The van der Waals surface area contributed by atoms with Crippen LogP contribution in [-0.4, -0.2) is 36.8 Å². The molecule has 0 heterocycles. The van der Waals surface area contributed by atoms with Crippen LogP contribution in [0.15, 0.2) is 24.3 Å². The summed E-state index contributed by atoms with van der Waals surface area (Å²) in [5.41, 5.74) is 0.720. The molecule has 0 radical (unpaired) electrons. The van der Waals surface area contributed by atoms with Gasteiger partial charge >= 0.3 is 0 Å². The first kappa shape index (κ1) is 18.5. The second kappa shape index (κ2) is 9.43. The van der Waals surface area contributed by atoms with E-state index in [0.29, 0.717) is 18.1 Å². The molecule has 0 saturated carbocycles. The predicted molar refractivity (Wildman–Crippen MR) is 89.2 cm³/mol. The molecule has 0 bridgehead atoms. The van der Waals surface area contributed by atoms with Gasteiger partial charge in [-0.2, -0.15) is 0 Å². The van der Waals surface area contributed by atoms with Gasteiger partial charge in [0.15, 0.2) is 0 Å². The largest absolute Gasteiger partial charge is 0.497 e. The van der Waals surface area contributed by atoms with E-state index in [1.165, 1.54) is 0 Å². The number of methoxy groups -OCH3 is 1. The van der Waals surface area contributed by atoms with Crippen LogP contribution in [0, 0.1) is 5.92 Å². The van der Waals surface area contributed by atoms with Crippen molar-refractivity contribution >= 4 is 11.6 Å². The maximum Gasteiger partial charge on any atom is 0.225 e. The maximum absolute atomic E-state index is 12.1. The Morgan fingerprint density at radius 3 is 2.64 bits per heavy atom. The van der Waals surface area contributed by atoms with Crippen LogP contribution in [0.5, 0.6) is 5.75 Å². The van der Waals surface area contributed by atoms with E-state index >= 15 is 0 Å². The van der Waals surface area contributed by atoms with Crippen molar-refractivity contribution in [3.63, 3.8) is 0 Å². The van der Waals surface area contributed by atoms with E-state index in [1.807, 2.05) is 25.1 Å². The van der Waals surface area contributed by atoms with E-state index in [2.05, 4.69) is 24.5 Å². The minimum atomic E-state index is -0.0607. The quantitative estimate of drug-likeness (QED) is 0.655. The number of hydrogen-bond donors (Lipinski definition) is 3. The molecule has 2 unspecified atom stereocenters. The Labute approximate surface area is 133 Å². The number of amides is 1. The van der Waals surface area contributed by atoms with E-state index in [-0.39, 0.29) is 24.6 Å². The average Bonchev–Trinajstić information content (AvgIpc) is 2.45. The molecular weight excluding hydrogens is 280 g/mol. The van der Waals surface area contributed by atoms with E-state index in [9.17, 15) is 9.90 Å². The van der Waals surface area contributed by atoms with Gasteiger partial charge in [-0.05, 0) is 31.4 Å². The Morgan fingerprint density at radius 1 is 1.32 bits per heavy atom. The number of nitrogens with one attached hydrogen (secondary N) is 2. The fourth-order valence-electron chi connectivity index (χ4n) is 2.42. The van der Waals surface area contributed by atoms with E-state index in [4.69, 9.17) is 4.74 Å². The number of anilines is 1. The minimum Gasteiger partial charge on any atom is -0.497 e. The summed E-state index contributed by atoms with van der Waals surface area (Å²) in [6, 6.07) is 7.30. The number of benzene rings is 1. The van der Waals surface area contributed by atoms with Crippen molar-refractivity contribution in [3.05, 3.63) is 24.3 Å². The molecule has 5 nitrogen and oxygen atoms in total. The molecule has 1 amide bonds. The lowest BCUT2D eigenvalue weighted by Gasteiger charge is -2.23. The fourth-order valence-corrected chi connectivity index (χ4v) is 2.42. The number of hydrogen-bond acceptors (Lipinski definition) is 4. The highest BCUT2D eigenvalue weighted by Gasteiger charge is 2.15. The zero-order chi connectivity index (χ0) is 16.5. The number of carbonyl (C=O) groups excluding carboxylic acids is 1. The van der Waals surface area contributed by atoms with E-state index in [0.717, 1.165) is 12.1 Å². The molecule has 0 aliphatic carbocycles. The maximum atomic E-state index is 12.1. The summed E-state index contributed by atoms with van der Waals surface area (Å²) < 4.78 is 5.13. The summed E-state index contributed by atoms with van der Waals surface area (Å²) in [7, 11) is 1.59. The fraction of sp³-hybridized carbons (Fsp3) is 0.588. The SMILES string of the molecule is COc1cccc(NC(=O)CC(C)NC(CO)CC(C)C)c1. The van der Waals surface area contributed by atoms with Crippen molar-refractivity contribution in [3.8, 4) is 5.75 Å². The molecule has 5 heteroatoms. The Hall–Kier alpha value is -1.59. The number of aliphatic hydroxyl groups excluding tert-OH is 1. The zero-order valence-electron chi connectivity index (χ0n) is 13.9. The van der Waals surface area contributed by atoms with Crippen LogP contribution in [0.1, 0.15) is 33.6 Å².